The van der Waals surface area contributed by atoms with Crippen molar-refractivity contribution in [3.05, 3.63) is 34.3 Å². The van der Waals surface area contributed by atoms with Gasteiger partial charge in [0.25, 0.3) is 0 Å². The quantitative estimate of drug-likeness (QED) is 0.930. The number of nitrogen functional groups attached to an aromatic ring is 1. The number of hydrogen-bond donors (Lipinski definition) is 1. The fourth-order valence-corrected chi connectivity index (χ4v) is 2.71. The summed E-state index contributed by atoms with van der Waals surface area (Å²) in [6.45, 7) is 2.80. The summed E-state index contributed by atoms with van der Waals surface area (Å²) in [6, 6.07) is 4.83. The normalized spacial score (nSPS) is 14.9. The third-order valence-electron chi connectivity index (χ3n) is 3.48. The van der Waals surface area contributed by atoms with E-state index < -0.39 is 0 Å². The summed E-state index contributed by atoms with van der Waals surface area (Å²) in [5.74, 6) is 1.75. The number of rotatable bonds is 3. The summed E-state index contributed by atoms with van der Waals surface area (Å²) in [6.07, 6.45) is 2.30. The molecule has 3 nitrogen and oxygen atoms in total. The van der Waals surface area contributed by atoms with Crippen LogP contribution in [0.4, 0.5) is 10.2 Å². The molecule has 2 N–H and O–H groups in total. The second-order valence-electron chi connectivity index (χ2n) is 4.85. The topological polar surface area (TPSA) is 43.8 Å². The van der Waals surface area contributed by atoms with Crippen molar-refractivity contribution in [1.29, 1.82) is 0 Å². The van der Waals surface area contributed by atoms with E-state index >= 15 is 0 Å². The first-order valence-electron chi connectivity index (χ1n) is 6.43. The van der Waals surface area contributed by atoms with Crippen LogP contribution in [0.5, 0.6) is 0 Å². The van der Waals surface area contributed by atoms with Gasteiger partial charge in [0.1, 0.15) is 23.2 Å². The minimum absolute atomic E-state index is 0.294. The monoisotopic (exact) mass is 323 g/mol. The molecular weight excluding hydrogens is 309 g/mol. The van der Waals surface area contributed by atoms with Gasteiger partial charge in [0.05, 0.1) is 0 Å². The van der Waals surface area contributed by atoms with Crippen molar-refractivity contribution < 1.29 is 4.39 Å². The van der Waals surface area contributed by atoms with Crippen LogP contribution in [0.1, 0.15) is 31.5 Å². The number of halogens is 2. The van der Waals surface area contributed by atoms with E-state index in [1.54, 1.807) is 12.1 Å². The maximum absolute atomic E-state index is 14.0. The van der Waals surface area contributed by atoms with Gasteiger partial charge in [-0.3, -0.25) is 0 Å². The molecule has 0 amide bonds. The number of nitrogens with zero attached hydrogens (tertiary/aromatic N) is 2. The fraction of sp³-hybridized carbons (Fsp3) is 0.357. The van der Waals surface area contributed by atoms with Gasteiger partial charge < -0.3 is 10.3 Å². The zero-order valence-electron chi connectivity index (χ0n) is 10.7. The van der Waals surface area contributed by atoms with Crippen LogP contribution in [0.25, 0.3) is 11.3 Å². The molecule has 0 aliphatic heterocycles. The highest BCUT2D eigenvalue weighted by Gasteiger charge is 2.31. The molecule has 1 heterocycles. The Morgan fingerprint density at radius 3 is 2.84 bits per heavy atom. The first kappa shape index (κ1) is 12.7. The smallest absolute Gasteiger partial charge is 0.132 e. The summed E-state index contributed by atoms with van der Waals surface area (Å²) < 4.78 is 16.8. The molecule has 1 saturated carbocycles. The Labute approximate surface area is 119 Å². The highest BCUT2D eigenvalue weighted by Crippen LogP contribution is 2.42. The van der Waals surface area contributed by atoms with E-state index in [4.69, 9.17) is 5.73 Å². The van der Waals surface area contributed by atoms with Crippen molar-refractivity contribution in [3.63, 3.8) is 0 Å². The van der Waals surface area contributed by atoms with E-state index in [0.29, 0.717) is 23.0 Å². The van der Waals surface area contributed by atoms with Crippen molar-refractivity contribution in [2.45, 2.75) is 32.2 Å². The second kappa shape index (κ2) is 4.63. The minimum Gasteiger partial charge on any atom is -0.383 e. The summed E-state index contributed by atoms with van der Waals surface area (Å²) in [4.78, 5) is 4.59. The molecule has 0 bridgehead atoms. The summed E-state index contributed by atoms with van der Waals surface area (Å²) in [7, 11) is 0. The van der Waals surface area contributed by atoms with Crippen molar-refractivity contribution in [3.8, 4) is 11.3 Å². The lowest BCUT2D eigenvalue weighted by Gasteiger charge is -2.05. The predicted molar refractivity (Wildman–Crippen MR) is 77.4 cm³/mol. The second-order valence-corrected chi connectivity index (χ2v) is 5.76. The number of anilines is 1. The Kier molecular flexibility index (Phi) is 3.09. The van der Waals surface area contributed by atoms with Crippen LogP contribution >= 0.6 is 15.9 Å². The Hall–Kier alpha value is -1.36. The van der Waals surface area contributed by atoms with Gasteiger partial charge >= 0.3 is 0 Å². The SMILES string of the molecule is CCn1c(C2CC2)nc(-c2cc(Br)ccc2F)c1N. The zero-order chi connectivity index (χ0) is 13.6. The molecule has 1 fully saturated rings. The molecule has 1 aromatic heterocycles. The van der Waals surface area contributed by atoms with Crippen molar-refractivity contribution in [2.75, 3.05) is 5.73 Å². The van der Waals surface area contributed by atoms with Crippen LogP contribution in [0, 0.1) is 5.82 Å². The Morgan fingerprint density at radius 1 is 1.47 bits per heavy atom. The fourth-order valence-electron chi connectivity index (χ4n) is 2.35. The number of aromatic nitrogens is 2. The third kappa shape index (κ3) is 2.16. The van der Waals surface area contributed by atoms with Crippen molar-refractivity contribution >= 4 is 21.7 Å². The molecule has 0 radical (unpaired) electrons. The van der Waals surface area contributed by atoms with E-state index in [1.165, 1.54) is 6.07 Å². The summed E-state index contributed by atoms with van der Waals surface area (Å²) in [5.41, 5.74) is 7.17. The van der Waals surface area contributed by atoms with Gasteiger partial charge in [-0.1, -0.05) is 15.9 Å². The molecule has 3 rings (SSSR count). The van der Waals surface area contributed by atoms with E-state index in [-0.39, 0.29) is 5.82 Å². The predicted octanol–water partition coefficient (Wildman–Crippen LogP) is 3.93. The molecule has 1 aliphatic carbocycles. The van der Waals surface area contributed by atoms with Gasteiger partial charge in [0.2, 0.25) is 0 Å². The molecule has 0 saturated heterocycles. The Bertz CT molecular complexity index is 632. The van der Waals surface area contributed by atoms with Crippen molar-refractivity contribution in [1.82, 2.24) is 9.55 Å². The van der Waals surface area contributed by atoms with E-state index in [1.807, 2.05) is 11.5 Å². The van der Waals surface area contributed by atoms with Gasteiger partial charge in [0.15, 0.2) is 0 Å². The van der Waals surface area contributed by atoms with Crippen LogP contribution in [-0.2, 0) is 6.54 Å². The van der Waals surface area contributed by atoms with E-state index in [9.17, 15) is 4.39 Å². The van der Waals surface area contributed by atoms with Crippen molar-refractivity contribution in [2.24, 2.45) is 0 Å². The number of imidazole rings is 1. The highest BCUT2D eigenvalue weighted by molar-refractivity contribution is 9.10. The number of benzene rings is 1. The molecule has 5 heteroatoms. The van der Waals surface area contributed by atoms with Gasteiger partial charge in [0, 0.05) is 22.5 Å². The molecule has 1 aliphatic rings. The molecule has 2 aromatic rings. The third-order valence-corrected chi connectivity index (χ3v) is 3.97. The van der Waals surface area contributed by atoms with Crippen LogP contribution in [0.2, 0.25) is 0 Å². The highest BCUT2D eigenvalue weighted by atomic mass is 79.9. The Balaban J connectivity index is 2.17. The first-order valence-corrected chi connectivity index (χ1v) is 7.22. The Morgan fingerprint density at radius 2 is 2.21 bits per heavy atom. The van der Waals surface area contributed by atoms with E-state index in [2.05, 4.69) is 20.9 Å². The molecule has 100 valence electrons. The average molecular weight is 324 g/mol. The molecule has 19 heavy (non-hydrogen) atoms. The minimum atomic E-state index is -0.294. The molecule has 0 atom stereocenters. The van der Waals surface area contributed by atoms with Gasteiger partial charge in [-0.05, 0) is 38.0 Å². The molecule has 1 aromatic carbocycles. The van der Waals surface area contributed by atoms with Gasteiger partial charge in [-0.15, -0.1) is 0 Å². The lowest BCUT2D eigenvalue weighted by Crippen LogP contribution is -2.04. The summed E-state index contributed by atoms with van der Waals surface area (Å²) >= 11 is 3.36. The lowest BCUT2D eigenvalue weighted by atomic mass is 10.1. The number of hydrogen-bond acceptors (Lipinski definition) is 2. The maximum Gasteiger partial charge on any atom is 0.132 e. The zero-order valence-corrected chi connectivity index (χ0v) is 12.2. The van der Waals surface area contributed by atoms with Crippen LogP contribution < -0.4 is 5.73 Å². The number of nitrogens with two attached hydrogens (primary N) is 1. The summed E-state index contributed by atoms with van der Waals surface area (Å²) in [5, 5.41) is 0. The van der Waals surface area contributed by atoms with Crippen LogP contribution in [0.15, 0.2) is 22.7 Å². The largest absolute Gasteiger partial charge is 0.383 e. The van der Waals surface area contributed by atoms with Crippen LogP contribution in [0.3, 0.4) is 0 Å². The first-order chi connectivity index (χ1) is 9.11. The standard InChI is InChI=1S/C14H15BrFN3/c1-2-19-13(17)12(18-14(19)8-3-4-8)10-7-9(15)5-6-11(10)16/h5-8H,2-4,17H2,1H3. The molecule has 0 unspecified atom stereocenters. The van der Waals surface area contributed by atoms with E-state index in [0.717, 1.165) is 29.7 Å². The van der Waals surface area contributed by atoms with Gasteiger partial charge in [-0.2, -0.15) is 0 Å². The molecule has 0 spiro atoms. The van der Waals surface area contributed by atoms with Gasteiger partial charge in [-0.25, -0.2) is 9.37 Å². The molecular formula is C14H15BrFN3. The maximum atomic E-state index is 14.0. The average Bonchev–Trinajstić information content (AvgIpc) is 3.17. The van der Waals surface area contributed by atoms with Crippen LogP contribution in [-0.4, -0.2) is 9.55 Å². The lowest BCUT2D eigenvalue weighted by molar-refractivity contribution is 0.630.